The number of para-hydroxylation sites is 1. The van der Waals surface area contributed by atoms with Crippen LogP contribution in [0.1, 0.15) is 42.5 Å². The molecule has 3 fully saturated rings. The van der Waals surface area contributed by atoms with Gasteiger partial charge in [0, 0.05) is 24.9 Å². The fourth-order valence-electron chi connectivity index (χ4n) is 5.72. The zero-order chi connectivity index (χ0) is 18.8. The van der Waals surface area contributed by atoms with Crippen molar-refractivity contribution in [2.75, 3.05) is 13.1 Å². The minimum Gasteiger partial charge on any atom is -0.486 e. The first-order valence-electron chi connectivity index (χ1n) is 9.89. The lowest BCUT2D eigenvalue weighted by molar-refractivity contribution is -0.137. The van der Waals surface area contributed by atoms with Gasteiger partial charge in [0.2, 0.25) is 11.8 Å². The van der Waals surface area contributed by atoms with E-state index < -0.39 is 5.60 Å². The van der Waals surface area contributed by atoms with E-state index in [1.54, 1.807) is 0 Å². The second-order valence-corrected chi connectivity index (χ2v) is 8.54. The van der Waals surface area contributed by atoms with E-state index in [2.05, 4.69) is 0 Å². The van der Waals surface area contributed by atoms with Crippen molar-refractivity contribution in [1.29, 1.82) is 0 Å². The van der Waals surface area contributed by atoms with Crippen LogP contribution in [0.25, 0.3) is 0 Å². The summed E-state index contributed by atoms with van der Waals surface area (Å²) in [6, 6.07) is 7.39. The fraction of sp³-hybridized carbons (Fsp3) is 0.571. The number of Topliss-reactive ketones (excluding diaryl/α,β-unsaturated/α-hetero) is 1. The van der Waals surface area contributed by atoms with Crippen molar-refractivity contribution in [1.82, 2.24) is 4.90 Å². The summed E-state index contributed by atoms with van der Waals surface area (Å²) in [7, 11) is 0. The van der Waals surface area contributed by atoms with E-state index in [1.165, 1.54) is 0 Å². The molecule has 0 aromatic heterocycles. The highest BCUT2D eigenvalue weighted by Crippen LogP contribution is 2.66. The van der Waals surface area contributed by atoms with E-state index >= 15 is 0 Å². The quantitative estimate of drug-likeness (QED) is 0.861. The second-order valence-electron chi connectivity index (χ2n) is 8.54. The van der Waals surface area contributed by atoms with Crippen LogP contribution in [0.3, 0.4) is 0 Å². The van der Waals surface area contributed by atoms with Gasteiger partial charge in [-0.25, -0.2) is 0 Å². The number of ether oxygens (including phenoxy) is 1. The summed E-state index contributed by atoms with van der Waals surface area (Å²) in [4.78, 5) is 39.1. The van der Waals surface area contributed by atoms with Crippen LogP contribution < -0.4 is 10.5 Å². The van der Waals surface area contributed by atoms with Gasteiger partial charge in [-0.15, -0.1) is 0 Å². The molecule has 142 valence electrons. The van der Waals surface area contributed by atoms with Crippen molar-refractivity contribution in [2.45, 2.75) is 37.7 Å². The standard InChI is InChI=1S/C21H24N2O4/c22-19(25)12-4-3-9-23(11-12)20(26)17-14-7-8-21(18(14)17)10-15(24)13-5-1-2-6-16(13)27-21/h1-2,5-6,12,14,17-18H,3-4,7-11H2,(H2,22,25)/t12-,14+,17-,18-,21-/m1/s1. The number of rotatable bonds is 2. The first-order chi connectivity index (χ1) is 13.0. The van der Waals surface area contributed by atoms with E-state index in [4.69, 9.17) is 10.5 Å². The molecule has 1 aromatic carbocycles. The zero-order valence-corrected chi connectivity index (χ0v) is 15.2. The van der Waals surface area contributed by atoms with Crippen molar-refractivity contribution in [3.05, 3.63) is 29.8 Å². The molecule has 0 unspecified atom stereocenters. The molecule has 2 saturated carbocycles. The monoisotopic (exact) mass is 368 g/mol. The first kappa shape index (κ1) is 16.8. The maximum Gasteiger partial charge on any atom is 0.226 e. The summed E-state index contributed by atoms with van der Waals surface area (Å²) in [5.41, 5.74) is 5.57. The van der Waals surface area contributed by atoms with Crippen LogP contribution in [-0.2, 0) is 9.59 Å². The Kier molecular flexibility index (Phi) is 3.61. The highest BCUT2D eigenvalue weighted by Gasteiger charge is 2.71. The third-order valence-electron chi connectivity index (χ3n) is 7.06. The van der Waals surface area contributed by atoms with Crippen molar-refractivity contribution in [2.24, 2.45) is 29.4 Å². The fourth-order valence-corrected chi connectivity index (χ4v) is 5.72. The van der Waals surface area contributed by atoms with Crippen molar-refractivity contribution >= 4 is 17.6 Å². The third-order valence-corrected chi connectivity index (χ3v) is 7.06. The van der Waals surface area contributed by atoms with Crippen LogP contribution in [0.2, 0.25) is 0 Å². The molecule has 1 saturated heterocycles. The maximum absolute atomic E-state index is 13.1. The summed E-state index contributed by atoms with van der Waals surface area (Å²) in [6.45, 7) is 1.12. The molecule has 6 nitrogen and oxygen atoms in total. The largest absolute Gasteiger partial charge is 0.486 e. The Morgan fingerprint density at radius 3 is 2.85 bits per heavy atom. The molecule has 2 N–H and O–H groups in total. The van der Waals surface area contributed by atoms with E-state index in [0.29, 0.717) is 36.7 Å². The van der Waals surface area contributed by atoms with Gasteiger partial charge in [-0.2, -0.15) is 0 Å². The Morgan fingerprint density at radius 2 is 2.04 bits per heavy atom. The molecule has 1 spiro atoms. The van der Waals surface area contributed by atoms with Gasteiger partial charge in [0.05, 0.1) is 17.9 Å². The molecule has 27 heavy (non-hydrogen) atoms. The summed E-state index contributed by atoms with van der Waals surface area (Å²) >= 11 is 0. The molecule has 2 amide bonds. The molecule has 5 atom stereocenters. The number of fused-ring (bicyclic) bond motifs is 3. The molecule has 6 heteroatoms. The summed E-state index contributed by atoms with van der Waals surface area (Å²) < 4.78 is 6.37. The predicted octanol–water partition coefficient (Wildman–Crippen LogP) is 1.77. The molecule has 5 rings (SSSR count). The van der Waals surface area contributed by atoms with Crippen LogP contribution in [-0.4, -0.2) is 41.2 Å². The van der Waals surface area contributed by atoms with Gasteiger partial charge >= 0.3 is 0 Å². The lowest BCUT2D eigenvalue weighted by Crippen LogP contribution is -2.47. The van der Waals surface area contributed by atoms with Gasteiger partial charge in [-0.1, -0.05) is 12.1 Å². The molecular weight excluding hydrogens is 344 g/mol. The number of primary amides is 1. The van der Waals surface area contributed by atoms with Crippen LogP contribution in [0.4, 0.5) is 0 Å². The van der Waals surface area contributed by atoms with Crippen LogP contribution in [0.5, 0.6) is 5.75 Å². The Hall–Kier alpha value is -2.37. The number of benzene rings is 1. The average Bonchev–Trinajstić information content (AvgIpc) is 3.32. The number of nitrogens with zero attached hydrogens (tertiary/aromatic N) is 1. The number of hydrogen-bond donors (Lipinski definition) is 1. The van der Waals surface area contributed by atoms with E-state index in [-0.39, 0.29) is 35.4 Å². The number of hydrogen-bond acceptors (Lipinski definition) is 4. The minimum absolute atomic E-state index is 0.0801. The van der Waals surface area contributed by atoms with Gasteiger partial charge < -0.3 is 15.4 Å². The second kappa shape index (κ2) is 5.81. The van der Waals surface area contributed by atoms with Crippen LogP contribution >= 0.6 is 0 Å². The average molecular weight is 368 g/mol. The molecule has 4 aliphatic rings. The van der Waals surface area contributed by atoms with Crippen molar-refractivity contribution in [3.63, 3.8) is 0 Å². The Balaban J connectivity index is 1.35. The Morgan fingerprint density at radius 1 is 1.22 bits per heavy atom. The molecule has 2 aliphatic heterocycles. The van der Waals surface area contributed by atoms with Crippen LogP contribution in [0.15, 0.2) is 24.3 Å². The van der Waals surface area contributed by atoms with Crippen molar-refractivity contribution in [3.8, 4) is 5.75 Å². The maximum atomic E-state index is 13.1. The Labute approximate surface area is 158 Å². The zero-order valence-electron chi connectivity index (χ0n) is 15.2. The minimum atomic E-state index is -0.532. The molecular formula is C21H24N2O4. The summed E-state index contributed by atoms with van der Waals surface area (Å²) in [5.74, 6) is 0.642. The van der Waals surface area contributed by atoms with E-state index in [9.17, 15) is 14.4 Å². The SMILES string of the molecule is NC(=O)[C@@H]1CCCN(C(=O)[C@@H]2[C@@H]3CC[C@@]4(CC(=O)c5ccccc5O4)[C@H]32)C1. The normalized spacial score (nSPS) is 36.7. The number of amides is 2. The predicted molar refractivity (Wildman–Crippen MR) is 97.0 cm³/mol. The first-order valence-corrected chi connectivity index (χ1v) is 9.89. The molecule has 0 radical (unpaired) electrons. The van der Waals surface area contributed by atoms with Gasteiger partial charge in [0.15, 0.2) is 5.78 Å². The Bertz CT molecular complexity index is 837. The highest BCUT2D eigenvalue weighted by molar-refractivity contribution is 6.00. The lowest BCUT2D eigenvalue weighted by Gasteiger charge is -2.38. The van der Waals surface area contributed by atoms with E-state index in [1.807, 2.05) is 29.2 Å². The number of likely N-dealkylation sites (tertiary alicyclic amines) is 1. The third kappa shape index (κ3) is 2.49. The molecule has 2 aliphatic carbocycles. The van der Waals surface area contributed by atoms with Gasteiger partial charge in [0.25, 0.3) is 0 Å². The summed E-state index contributed by atoms with van der Waals surface area (Å²) in [6.07, 6.45) is 3.68. The highest BCUT2D eigenvalue weighted by atomic mass is 16.5. The number of piperidine rings is 1. The van der Waals surface area contributed by atoms with Gasteiger partial charge in [-0.05, 0) is 43.7 Å². The summed E-state index contributed by atoms with van der Waals surface area (Å²) in [5, 5.41) is 0. The number of carbonyl (C=O) groups is 3. The molecule has 0 bridgehead atoms. The smallest absolute Gasteiger partial charge is 0.226 e. The van der Waals surface area contributed by atoms with Gasteiger partial charge in [-0.3, -0.25) is 14.4 Å². The molecule has 2 heterocycles. The van der Waals surface area contributed by atoms with E-state index in [0.717, 1.165) is 25.7 Å². The number of ketones is 1. The topological polar surface area (TPSA) is 89.7 Å². The number of nitrogens with two attached hydrogens (primary N) is 1. The molecule has 1 aromatic rings. The number of carbonyl (C=O) groups excluding carboxylic acids is 3. The lowest BCUT2D eigenvalue weighted by atomic mass is 9.84. The van der Waals surface area contributed by atoms with Crippen molar-refractivity contribution < 1.29 is 19.1 Å². The van der Waals surface area contributed by atoms with Crippen LogP contribution in [0, 0.1) is 23.7 Å². The van der Waals surface area contributed by atoms with Gasteiger partial charge in [0.1, 0.15) is 11.4 Å².